The molecule has 7 nitrogen and oxygen atoms in total. The van der Waals surface area contributed by atoms with E-state index in [4.69, 9.17) is 27.9 Å². The van der Waals surface area contributed by atoms with Crippen molar-refractivity contribution in [3.8, 4) is 0 Å². The van der Waals surface area contributed by atoms with E-state index in [-0.39, 0.29) is 21.9 Å². The highest BCUT2D eigenvalue weighted by Crippen LogP contribution is 2.36. The third-order valence-corrected chi connectivity index (χ3v) is 8.67. The minimum Gasteiger partial charge on any atom is -0.385 e. The van der Waals surface area contributed by atoms with Crippen molar-refractivity contribution in [2.75, 3.05) is 33.4 Å². The third kappa shape index (κ3) is 5.20. The van der Waals surface area contributed by atoms with Crippen molar-refractivity contribution in [3.05, 3.63) is 28.2 Å². The highest BCUT2D eigenvalue weighted by molar-refractivity contribution is 7.89. The van der Waals surface area contributed by atoms with E-state index in [0.29, 0.717) is 50.0 Å². The molecule has 2 saturated heterocycles. The Labute approximate surface area is 195 Å². The van der Waals surface area contributed by atoms with Gasteiger partial charge in [0, 0.05) is 33.4 Å². The predicted molar refractivity (Wildman–Crippen MR) is 122 cm³/mol. The Morgan fingerprint density at radius 3 is 2.48 bits per heavy atom. The van der Waals surface area contributed by atoms with Gasteiger partial charge >= 0.3 is 0 Å². The van der Waals surface area contributed by atoms with Crippen molar-refractivity contribution in [1.82, 2.24) is 14.5 Å². The molecule has 10 heteroatoms. The van der Waals surface area contributed by atoms with Gasteiger partial charge in [-0.1, -0.05) is 37.0 Å². The van der Waals surface area contributed by atoms with Crippen LogP contribution in [-0.2, 0) is 19.6 Å². The molecule has 174 valence electrons. The van der Waals surface area contributed by atoms with Gasteiger partial charge in [0.05, 0.1) is 26.6 Å². The van der Waals surface area contributed by atoms with Gasteiger partial charge in [0.15, 0.2) is 0 Å². The zero-order chi connectivity index (χ0) is 22.8. The summed E-state index contributed by atoms with van der Waals surface area (Å²) in [4.78, 5) is 15.2. The van der Waals surface area contributed by atoms with Crippen LogP contribution in [0.15, 0.2) is 23.1 Å². The second-order valence-corrected chi connectivity index (χ2v) is 11.4. The van der Waals surface area contributed by atoms with Gasteiger partial charge in [-0.15, -0.1) is 0 Å². The summed E-state index contributed by atoms with van der Waals surface area (Å²) in [5, 5.41) is 4.09. The van der Waals surface area contributed by atoms with Crippen LogP contribution in [0.25, 0.3) is 0 Å². The Hall–Kier alpha value is -0.900. The van der Waals surface area contributed by atoms with E-state index < -0.39 is 15.7 Å². The number of carbonyl (C=O) groups excluding carboxylic acids is 1. The van der Waals surface area contributed by atoms with Gasteiger partial charge in [-0.2, -0.15) is 4.31 Å². The normalized spacial score (nSPS) is 22.1. The van der Waals surface area contributed by atoms with E-state index in [1.54, 1.807) is 7.11 Å². The number of carbonyl (C=O) groups is 1. The molecule has 0 radical (unpaired) electrons. The van der Waals surface area contributed by atoms with E-state index in [2.05, 4.69) is 19.2 Å². The standard InChI is InChI=1S/C21H31Cl2N3O4S/c1-15(2)13-19-20(27)26(9-4-12-30-3)21(24-19)7-10-25(11-8-21)31(28,29)16-5-6-17(22)18(23)14-16/h5-6,14-15,19,24H,4,7-13H2,1-3H3/t19-/m1/s1. The molecule has 1 aromatic rings. The lowest BCUT2D eigenvalue weighted by Crippen LogP contribution is -2.59. The number of halogens is 2. The first-order valence-electron chi connectivity index (χ1n) is 10.6. The SMILES string of the molecule is COCCCN1C(=O)[C@@H](CC(C)C)NC12CCN(S(=O)(=O)c1ccc(Cl)c(Cl)c1)CC2. The summed E-state index contributed by atoms with van der Waals surface area (Å²) in [6.07, 6.45) is 2.56. The van der Waals surface area contributed by atoms with Gasteiger partial charge < -0.3 is 9.64 Å². The fourth-order valence-corrected chi connectivity index (χ4v) is 6.31. The summed E-state index contributed by atoms with van der Waals surface area (Å²) in [5.74, 6) is 0.484. The van der Waals surface area contributed by atoms with Crippen LogP contribution < -0.4 is 5.32 Å². The van der Waals surface area contributed by atoms with Crippen molar-refractivity contribution >= 4 is 39.1 Å². The zero-order valence-corrected chi connectivity index (χ0v) is 20.6. The molecule has 0 saturated carbocycles. The number of sulfonamides is 1. The highest BCUT2D eigenvalue weighted by Gasteiger charge is 2.52. The molecule has 2 heterocycles. The topological polar surface area (TPSA) is 79.0 Å². The molecule has 3 rings (SSSR count). The summed E-state index contributed by atoms with van der Waals surface area (Å²) in [7, 11) is -2.05. The summed E-state index contributed by atoms with van der Waals surface area (Å²) < 4.78 is 32.9. The van der Waals surface area contributed by atoms with Crippen LogP contribution in [0.4, 0.5) is 0 Å². The Bertz CT molecular complexity index is 902. The lowest BCUT2D eigenvalue weighted by atomic mass is 9.97. The van der Waals surface area contributed by atoms with Crippen molar-refractivity contribution in [2.24, 2.45) is 5.92 Å². The summed E-state index contributed by atoms with van der Waals surface area (Å²) in [5.41, 5.74) is -0.520. The molecule has 1 amide bonds. The van der Waals surface area contributed by atoms with Crippen LogP contribution in [0.5, 0.6) is 0 Å². The average Bonchev–Trinajstić information content (AvgIpc) is 2.95. The largest absolute Gasteiger partial charge is 0.385 e. The number of benzene rings is 1. The fraction of sp³-hybridized carbons (Fsp3) is 0.667. The van der Waals surface area contributed by atoms with Gasteiger partial charge in [0.2, 0.25) is 15.9 Å². The van der Waals surface area contributed by atoms with Gasteiger partial charge in [-0.05, 0) is 49.8 Å². The quantitative estimate of drug-likeness (QED) is 0.564. The van der Waals surface area contributed by atoms with Crippen molar-refractivity contribution in [2.45, 2.75) is 56.1 Å². The Morgan fingerprint density at radius 2 is 1.90 bits per heavy atom. The van der Waals surface area contributed by atoms with Gasteiger partial charge in [-0.3, -0.25) is 10.1 Å². The maximum absolute atomic E-state index is 13.1. The van der Waals surface area contributed by atoms with E-state index >= 15 is 0 Å². The number of piperidine rings is 1. The average molecular weight is 492 g/mol. The number of nitrogens with one attached hydrogen (secondary N) is 1. The molecule has 0 bridgehead atoms. The molecule has 2 aliphatic rings. The number of amides is 1. The molecule has 1 spiro atoms. The number of hydrogen-bond acceptors (Lipinski definition) is 5. The van der Waals surface area contributed by atoms with Crippen molar-refractivity contribution in [1.29, 1.82) is 0 Å². The first-order chi connectivity index (χ1) is 14.6. The van der Waals surface area contributed by atoms with Gasteiger partial charge in [0.1, 0.15) is 0 Å². The molecular formula is C21H31Cl2N3O4S. The lowest BCUT2D eigenvalue weighted by molar-refractivity contribution is -0.133. The first-order valence-corrected chi connectivity index (χ1v) is 12.8. The molecule has 2 aliphatic heterocycles. The summed E-state index contributed by atoms with van der Waals surface area (Å²) >= 11 is 12.0. The second kappa shape index (κ2) is 9.93. The summed E-state index contributed by atoms with van der Waals surface area (Å²) in [6, 6.07) is 4.12. The molecule has 2 fully saturated rings. The molecule has 0 aromatic heterocycles. The molecule has 0 aliphatic carbocycles. The highest BCUT2D eigenvalue weighted by atomic mass is 35.5. The number of ether oxygens (including phenoxy) is 1. The minimum absolute atomic E-state index is 0.102. The minimum atomic E-state index is -3.69. The van der Waals surface area contributed by atoms with Crippen LogP contribution >= 0.6 is 23.2 Å². The molecule has 1 aromatic carbocycles. The smallest absolute Gasteiger partial charge is 0.243 e. The van der Waals surface area contributed by atoms with E-state index in [1.807, 2.05) is 4.90 Å². The molecule has 0 unspecified atom stereocenters. The van der Waals surface area contributed by atoms with Crippen LogP contribution in [0.1, 0.15) is 39.5 Å². The number of nitrogens with zero attached hydrogens (tertiary/aromatic N) is 2. The number of hydrogen-bond donors (Lipinski definition) is 1. The molecule has 1 atom stereocenters. The molecular weight excluding hydrogens is 461 g/mol. The van der Waals surface area contributed by atoms with Crippen molar-refractivity contribution < 1.29 is 17.9 Å². The Morgan fingerprint density at radius 1 is 1.23 bits per heavy atom. The third-order valence-electron chi connectivity index (χ3n) is 6.04. The van der Waals surface area contributed by atoms with Crippen molar-refractivity contribution in [3.63, 3.8) is 0 Å². The first kappa shape index (κ1) is 24.7. The fourth-order valence-electron chi connectivity index (χ4n) is 4.48. The van der Waals surface area contributed by atoms with Gasteiger partial charge in [0.25, 0.3) is 0 Å². The predicted octanol–water partition coefficient (Wildman–Crippen LogP) is 3.36. The maximum Gasteiger partial charge on any atom is 0.243 e. The van der Waals surface area contributed by atoms with Gasteiger partial charge in [-0.25, -0.2) is 8.42 Å². The molecule has 1 N–H and O–H groups in total. The number of methoxy groups -OCH3 is 1. The second-order valence-electron chi connectivity index (χ2n) is 8.67. The van der Waals surface area contributed by atoms with E-state index in [0.717, 1.165) is 12.8 Å². The maximum atomic E-state index is 13.1. The zero-order valence-electron chi connectivity index (χ0n) is 18.2. The Kier molecular flexibility index (Phi) is 7.92. The van der Waals surface area contributed by atoms with Crippen LogP contribution in [0, 0.1) is 5.92 Å². The van der Waals surface area contributed by atoms with Crippen LogP contribution in [-0.4, -0.2) is 68.6 Å². The van der Waals surface area contributed by atoms with Crippen LogP contribution in [0.3, 0.4) is 0 Å². The Balaban J connectivity index is 1.77. The molecule has 31 heavy (non-hydrogen) atoms. The van der Waals surface area contributed by atoms with E-state index in [1.165, 1.54) is 22.5 Å². The van der Waals surface area contributed by atoms with Crippen LogP contribution in [0.2, 0.25) is 10.0 Å². The monoisotopic (exact) mass is 491 g/mol. The number of rotatable bonds is 8. The lowest BCUT2D eigenvalue weighted by Gasteiger charge is -2.44. The summed E-state index contributed by atoms with van der Waals surface area (Å²) in [6.45, 7) is 6.00. The van der Waals surface area contributed by atoms with E-state index in [9.17, 15) is 13.2 Å².